The lowest BCUT2D eigenvalue weighted by Crippen LogP contribution is -2.23. The first-order valence-corrected chi connectivity index (χ1v) is 11.4. The molecule has 3 rings (SSSR count). The van der Waals surface area contributed by atoms with E-state index in [-0.39, 0.29) is 18.4 Å². The number of aromatic nitrogens is 1. The molecule has 0 aliphatic heterocycles. The van der Waals surface area contributed by atoms with E-state index in [1.165, 1.54) is 28.7 Å². The lowest BCUT2D eigenvalue weighted by molar-refractivity contribution is -0.143. The Balaban J connectivity index is 1.86. The van der Waals surface area contributed by atoms with Crippen LogP contribution in [0, 0.1) is 13.8 Å². The number of esters is 1. The van der Waals surface area contributed by atoms with Gasteiger partial charge in [-0.2, -0.15) is 4.99 Å². The first kappa shape index (κ1) is 21.3. The van der Waals surface area contributed by atoms with Gasteiger partial charge in [-0.05, 0) is 43.5 Å². The molecule has 29 heavy (non-hydrogen) atoms. The van der Waals surface area contributed by atoms with Crippen LogP contribution in [0.2, 0.25) is 0 Å². The summed E-state index contributed by atoms with van der Waals surface area (Å²) in [6, 6.07) is 14.1. The Labute approximate surface area is 178 Å². The van der Waals surface area contributed by atoms with Crippen molar-refractivity contribution < 1.29 is 14.3 Å². The molecule has 3 aromatic rings. The number of ether oxygens (including phenoxy) is 1. The van der Waals surface area contributed by atoms with Gasteiger partial charge in [-0.15, -0.1) is 11.8 Å². The minimum atomic E-state index is -0.335. The summed E-state index contributed by atoms with van der Waals surface area (Å²) in [6.45, 7) is 6.19. The maximum Gasteiger partial charge on any atom is 0.326 e. The predicted octanol–water partition coefficient (Wildman–Crippen LogP) is 4.24. The van der Waals surface area contributed by atoms with Crippen LogP contribution in [-0.4, -0.2) is 28.8 Å². The van der Waals surface area contributed by atoms with Crippen molar-refractivity contribution in [2.24, 2.45) is 4.99 Å². The highest BCUT2D eigenvalue weighted by atomic mass is 32.2. The number of hydrogen-bond donors (Lipinski definition) is 0. The van der Waals surface area contributed by atoms with Gasteiger partial charge >= 0.3 is 5.97 Å². The average molecular weight is 429 g/mol. The second-order valence-electron chi connectivity index (χ2n) is 6.69. The quantitative estimate of drug-likeness (QED) is 0.528. The summed E-state index contributed by atoms with van der Waals surface area (Å²) in [6.07, 6.45) is 0. The molecule has 1 amide bonds. The molecule has 0 aliphatic carbocycles. The highest BCUT2D eigenvalue weighted by molar-refractivity contribution is 7.99. The van der Waals surface area contributed by atoms with Crippen molar-refractivity contribution in [1.29, 1.82) is 0 Å². The Hall–Kier alpha value is -2.38. The molecule has 0 saturated carbocycles. The van der Waals surface area contributed by atoms with Crippen LogP contribution in [0.3, 0.4) is 0 Å². The summed E-state index contributed by atoms with van der Waals surface area (Å²) in [5.74, 6) is 0.513. The molecule has 0 atom stereocenters. The molecule has 0 bridgehead atoms. The average Bonchev–Trinajstić information content (AvgIpc) is 3.00. The van der Waals surface area contributed by atoms with Gasteiger partial charge < -0.3 is 9.30 Å². The van der Waals surface area contributed by atoms with E-state index in [4.69, 9.17) is 4.74 Å². The highest BCUT2D eigenvalue weighted by Gasteiger charge is 2.14. The molecule has 0 aliphatic rings. The standard InChI is InChI=1S/C22H24N2O3S2/c1-4-27-20(26)12-24-18-11-15(2)10-16(3)21(18)29-22(24)23-19(25)14-28-13-17-8-6-5-7-9-17/h5-11H,4,12-14H2,1-3H3. The molecule has 0 spiro atoms. The summed E-state index contributed by atoms with van der Waals surface area (Å²) in [5.41, 5.74) is 4.29. The van der Waals surface area contributed by atoms with Crippen LogP contribution in [0.4, 0.5) is 0 Å². The zero-order chi connectivity index (χ0) is 20.8. The number of rotatable bonds is 7. The van der Waals surface area contributed by atoms with Gasteiger partial charge in [-0.3, -0.25) is 9.59 Å². The number of benzene rings is 2. The minimum Gasteiger partial charge on any atom is -0.465 e. The van der Waals surface area contributed by atoms with Crippen molar-refractivity contribution in [2.45, 2.75) is 33.1 Å². The first-order valence-electron chi connectivity index (χ1n) is 9.43. The van der Waals surface area contributed by atoms with Crippen molar-refractivity contribution in [3.63, 3.8) is 0 Å². The molecule has 0 fully saturated rings. The molecule has 152 valence electrons. The van der Waals surface area contributed by atoms with Crippen molar-refractivity contribution >= 4 is 45.2 Å². The van der Waals surface area contributed by atoms with Crippen molar-refractivity contribution in [3.8, 4) is 0 Å². The fourth-order valence-electron chi connectivity index (χ4n) is 3.06. The molecular weight excluding hydrogens is 404 g/mol. The van der Waals surface area contributed by atoms with E-state index in [1.807, 2.05) is 50.2 Å². The number of hydrogen-bond acceptors (Lipinski definition) is 5. The number of nitrogens with zero attached hydrogens (tertiary/aromatic N) is 2. The summed E-state index contributed by atoms with van der Waals surface area (Å²) >= 11 is 2.97. The van der Waals surface area contributed by atoms with E-state index < -0.39 is 0 Å². The number of thioether (sulfide) groups is 1. The normalized spacial score (nSPS) is 11.8. The molecule has 1 aromatic heterocycles. The second-order valence-corrected chi connectivity index (χ2v) is 8.65. The van der Waals surface area contributed by atoms with Gasteiger partial charge in [0.15, 0.2) is 4.80 Å². The lowest BCUT2D eigenvalue weighted by Gasteiger charge is -2.06. The molecule has 7 heteroatoms. The van der Waals surface area contributed by atoms with Gasteiger partial charge in [0.1, 0.15) is 6.54 Å². The third kappa shape index (κ3) is 5.58. The molecular formula is C22H24N2O3S2. The first-order chi connectivity index (χ1) is 14.0. The van der Waals surface area contributed by atoms with Crippen LogP contribution < -0.4 is 4.80 Å². The van der Waals surface area contributed by atoms with Crippen molar-refractivity contribution in [2.75, 3.05) is 12.4 Å². The second kappa shape index (κ2) is 9.89. The zero-order valence-electron chi connectivity index (χ0n) is 16.8. The SMILES string of the molecule is CCOC(=O)Cn1c(=NC(=O)CSCc2ccccc2)sc2c(C)cc(C)cc21. The van der Waals surface area contributed by atoms with E-state index in [9.17, 15) is 9.59 Å². The Bertz CT molecular complexity index is 1080. The fraction of sp³-hybridized carbons (Fsp3) is 0.318. The van der Waals surface area contributed by atoms with Gasteiger partial charge in [-0.25, -0.2) is 0 Å². The molecule has 0 saturated heterocycles. The molecule has 5 nitrogen and oxygen atoms in total. The molecule has 0 unspecified atom stereocenters. The Kier molecular flexibility index (Phi) is 7.28. The van der Waals surface area contributed by atoms with E-state index in [1.54, 1.807) is 11.5 Å². The van der Waals surface area contributed by atoms with Gasteiger partial charge in [0.25, 0.3) is 5.91 Å². The number of aryl methyl sites for hydroxylation is 2. The topological polar surface area (TPSA) is 60.7 Å². The van der Waals surface area contributed by atoms with E-state index in [0.29, 0.717) is 17.2 Å². The van der Waals surface area contributed by atoms with Crippen LogP contribution in [0.15, 0.2) is 47.5 Å². The Morgan fingerprint density at radius 3 is 2.66 bits per heavy atom. The maximum atomic E-state index is 12.5. The van der Waals surface area contributed by atoms with Crippen LogP contribution in [0.25, 0.3) is 10.2 Å². The van der Waals surface area contributed by atoms with Crippen LogP contribution in [0.1, 0.15) is 23.6 Å². The summed E-state index contributed by atoms with van der Waals surface area (Å²) in [5, 5.41) is 0. The van der Waals surface area contributed by atoms with Crippen LogP contribution in [0.5, 0.6) is 0 Å². The molecule has 0 N–H and O–H groups in total. The maximum absolute atomic E-state index is 12.5. The van der Waals surface area contributed by atoms with Gasteiger partial charge in [0.05, 0.1) is 22.6 Å². The summed E-state index contributed by atoms with van der Waals surface area (Å²) < 4.78 is 7.93. The van der Waals surface area contributed by atoms with Gasteiger partial charge in [-0.1, -0.05) is 47.7 Å². The third-order valence-electron chi connectivity index (χ3n) is 4.26. The van der Waals surface area contributed by atoms with E-state index >= 15 is 0 Å². The minimum absolute atomic E-state index is 0.0417. The summed E-state index contributed by atoms with van der Waals surface area (Å²) in [4.78, 5) is 29.5. The number of amides is 1. The molecule has 1 heterocycles. The van der Waals surface area contributed by atoms with Gasteiger partial charge in [0, 0.05) is 5.75 Å². The third-order valence-corrected chi connectivity index (χ3v) is 6.48. The van der Waals surface area contributed by atoms with Gasteiger partial charge in [0.2, 0.25) is 0 Å². The van der Waals surface area contributed by atoms with Crippen LogP contribution >= 0.6 is 23.1 Å². The number of carbonyl (C=O) groups excluding carboxylic acids is 2. The van der Waals surface area contributed by atoms with E-state index in [0.717, 1.165) is 27.1 Å². The van der Waals surface area contributed by atoms with Crippen molar-refractivity contribution in [1.82, 2.24) is 4.57 Å². The van der Waals surface area contributed by atoms with Crippen LogP contribution in [-0.2, 0) is 26.6 Å². The van der Waals surface area contributed by atoms with E-state index in [2.05, 4.69) is 11.1 Å². The number of carbonyl (C=O) groups is 2. The molecule has 2 aromatic carbocycles. The summed E-state index contributed by atoms with van der Waals surface area (Å²) in [7, 11) is 0. The largest absolute Gasteiger partial charge is 0.465 e. The highest BCUT2D eigenvalue weighted by Crippen LogP contribution is 2.23. The molecule has 0 radical (unpaired) electrons. The Morgan fingerprint density at radius 2 is 1.93 bits per heavy atom. The van der Waals surface area contributed by atoms with Crippen molar-refractivity contribution in [3.05, 3.63) is 64.0 Å². The predicted molar refractivity (Wildman–Crippen MR) is 119 cm³/mol. The number of fused-ring (bicyclic) bond motifs is 1. The monoisotopic (exact) mass is 428 g/mol. The lowest BCUT2D eigenvalue weighted by atomic mass is 10.1. The number of thiazole rings is 1. The zero-order valence-corrected chi connectivity index (χ0v) is 18.4. The Morgan fingerprint density at radius 1 is 1.17 bits per heavy atom. The fourth-order valence-corrected chi connectivity index (χ4v) is 4.92. The smallest absolute Gasteiger partial charge is 0.326 e.